The lowest BCUT2D eigenvalue weighted by Gasteiger charge is -2.40. The van der Waals surface area contributed by atoms with E-state index in [0.717, 1.165) is 35.8 Å². The number of hydrogen-bond donors (Lipinski definition) is 0. The summed E-state index contributed by atoms with van der Waals surface area (Å²) < 4.78 is 6.59. The maximum Gasteiger partial charge on any atom is 0.272 e. The Morgan fingerprint density at radius 1 is 0.972 bits per heavy atom. The summed E-state index contributed by atoms with van der Waals surface area (Å²) in [6, 6.07) is 12.4. The van der Waals surface area contributed by atoms with Gasteiger partial charge in [-0.1, -0.05) is 11.6 Å². The number of carbonyl (C=O) groups excluding carboxylic acids is 2. The molecule has 1 atom stereocenters. The summed E-state index contributed by atoms with van der Waals surface area (Å²) in [6.45, 7) is 4.60. The molecule has 1 unspecified atom stereocenters. The van der Waals surface area contributed by atoms with E-state index < -0.39 is 0 Å². The third-order valence-corrected chi connectivity index (χ3v) is 7.60. The largest absolute Gasteiger partial charge is 0.439 e. The molecule has 4 heterocycles. The van der Waals surface area contributed by atoms with Gasteiger partial charge in [-0.3, -0.25) is 9.59 Å². The van der Waals surface area contributed by atoms with Gasteiger partial charge in [0.1, 0.15) is 11.4 Å². The van der Waals surface area contributed by atoms with Crippen molar-refractivity contribution in [3.63, 3.8) is 0 Å². The molecule has 2 aliphatic heterocycles. The van der Waals surface area contributed by atoms with E-state index >= 15 is 0 Å². The first-order valence-electron chi connectivity index (χ1n) is 11.9. The molecule has 36 heavy (non-hydrogen) atoms. The van der Waals surface area contributed by atoms with E-state index in [1.165, 1.54) is 6.20 Å². The van der Waals surface area contributed by atoms with E-state index in [1.54, 1.807) is 42.6 Å². The Labute approximate surface area is 223 Å². The maximum atomic E-state index is 13.3. The summed E-state index contributed by atoms with van der Waals surface area (Å²) in [5, 5.41) is 0.539. The van der Waals surface area contributed by atoms with Crippen LogP contribution >= 0.6 is 27.5 Å². The fraction of sp³-hybridized carbons (Fsp3) is 0.333. The number of halogens is 2. The summed E-state index contributed by atoms with van der Waals surface area (Å²) in [4.78, 5) is 38.8. The summed E-state index contributed by atoms with van der Waals surface area (Å²) in [7, 11) is 0. The zero-order valence-electron chi connectivity index (χ0n) is 19.9. The van der Waals surface area contributed by atoms with E-state index in [1.807, 2.05) is 22.8 Å². The van der Waals surface area contributed by atoms with Crippen LogP contribution in [0.15, 0.2) is 59.3 Å². The molecule has 2 aromatic heterocycles. The highest BCUT2D eigenvalue weighted by atomic mass is 79.9. The minimum absolute atomic E-state index is 0.000408. The van der Waals surface area contributed by atoms with Gasteiger partial charge in [0.25, 0.3) is 11.8 Å². The lowest BCUT2D eigenvalue weighted by Crippen LogP contribution is -2.47. The van der Waals surface area contributed by atoms with Crippen LogP contribution in [0.5, 0.6) is 11.6 Å². The Bertz CT molecular complexity index is 1290. The van der Waals surface area contributed by atoms with Crippen molar-refractivity contribution >= 4 is 39.3 Å². The molecule has 7 nitrogen and oxygen atoms in total. The average Bonchev–Trinajstić information content (AvgIpc) is 3.28. The van der Waals surface area contributed by atoms with Gasteiger partial charge in [0.15, 0.2) is 0 Å². The van der Waals surface area contributed by atoms with Crippen LogP contribution in [0.4, 0.5) is 0 Å². The summed E-state index contributed by atoms with van der Waals surface area (Å²) in [5.74, 6) is 0.995. The number of ether oxygens (including phenoxy) is 1. The monoisotopic (exact) mass is 568 g/mol. The van der Waals surface area contributed by atoms with Crippen LogP contribution in [0.25, 0.3) is 0 Å². The van der Waals surface area contributed by atoms with Crippen LogP contribution < -0.4 is 4.74 Å². The summed E-state index contributed by atoms with van der Waals surface area (Å²) in [6.07, 6.45) is 6.00. The molecule has 0 N–H and O–H groups in total. The Hall–Kier alpha value is -2.97. The van der Waals surface area contributed by atoms with Crippen LogP contribution in [-0.2, 0) is 0 Å². The number of aryl methyl sites for hydroxylation is 1. The van der Waals surface area contributed by atoms with Gasteiger partial charge < -0.3 is 14.5 Å². The molecule has 2 saturated heterocycles. The minimum Gasteiger partial charge on any atom is -0.439 e. The van der Waals surface area contributed by atoms with E-state index in [9.17, 15) is 9.59 Å². The summed E-state index contributed by atoms with van der Waals surface area (Å²) >= 11 is 9.28. The first-order chi connectivity index (χ1) is 17.3. The lowest BCUT2D eigenvalue weighted by atomic mass is 9.79. The second-order valence-corrected chi connectivity index (χ2v) is 10.9. The van der Waals surface area contributed by atoms with Crippen molar-refractivity contribution in [2.24, 2.45) is 5.41 Å². The minimum atomic E-state index is -0.0733. The van der Waals surface area contributed by atoms with Gasteiger partial charge >= 0.3 is 0 Å². The number of benzene rings is 1. The molecule has 0 radical (unpaired) electrons. The Balaban J connectivity index is 1.23. The Kier molecular flexibility index (Phi) is 6.99. The molecular formula is C27H26BrClN4O3. The molecule has 0 saturated carbocycles. The fourth-order valence-corrected chi connectivity index (χ4v) is 5.69. The topological polar surface area (TPSA) is 75.6 Å². The first-order valence-corrected chi connectivity index (χ1v) is 13.1. The highest BCUT2D eigenvalue weighted by molar-refractivity contribution is 9.10. The van der Waals surface area contributed by atoms with Crippen LogP contribution in [-0.4, -0.2) is 57.8 Å². The molecule has 3 aromatic rings. The Morgan fingerprint density at radius 2 is 1.72 bits per heavy atom. The number of nitrogens with zero attached hydrogens (tertiary/aromatic N) is 4. The van der Waals surface area contributed by atoms with Gasteiger partial charge in [0.2, 0.25) is 5.88 Å². The smallest absolute Gasteiger partial charge is 0.272 e. The molecule has 5 rings (SSSR count). The molecule has 2 fully saturated rings. The number of piperidine rings is 1. The summed E-state index contributed by atoms with van der Waals surface area (Å²) in [5.41, 5.74) is 1.89. The van der Waals surface area contributed by atoms with Crippen molar-refractivity contribution in [2.45, 2.75) is 26.2 Å². The number of amides is 2. The quantitative estimate of drug-likeness (QED) is 0.399. The molecule has 1 aromatic carbocycles. The highest BCUT2D eigenvalue weighted by Crippen LogP contribution is 2.40. The molecule has 2 aliphatic rings. The number of rotatable bonds is 4. The van der Waals surface area contributed by atoms with Gasteiger partial charge in [0, 0.05) is 60.1 Å². The van der Waals surface area contributed by atoms with E-state index in [4.69, 9.17) is 16.3 Å². The van der Waals surface area contributed by atoms with E-state index in [-0.39, 0.29) is 17.2 Å². The predicted octanol–water partition coefficient (Wildman–Crippen LogP) is 5.76. The number of hydrogen-bond acceptors (Lipinski definition) is 5. The molecule has 0 aliphatic carbocycles. The van der Waals surface area contributed by atoms with E-state index in [2.05, 4.69) is 25.9 Å². The zero-order chi connectivity index (χ0) is 25.3. The third-order valence-electron chi connectivity index (χ3n) is 6.95. The highest BCUT2D eigenvalue weighted by Gasteiger charge is 2.44. The van der Waals surface area contributed by atoms with Crippen LogP contribution in [0.3, 0.4) is 0 Å². The number of carbonyl (C=O) groups is 2. The van der Waals surface area contributed by atoms with Gasteiger partial charge in [-0.25, -0.2) is 9.97 Å². The predicted molar refractivity (Wildman–Crippen MR) is 141 cm³/mol. The van der Waals surface area contributed by atoms with Crippen molar-refractivity contribution in [3.05, 3.63) is 81.2 Å². The van der Waals surface area contributed by atoms with Gasteiger partial charge in [-0.2, -0.15) is 0 Å². The Morgan fingerprint density at radius 3 is 2.42 bits per heavy atom. The molecule has 9 heteroatoms. The van der Waals surface area contributed by atoms with Gasteiger partial charge in [-0.15, -0.1) is 0 Å². The van der Waals surface area contributed by atoms with Gasteiger partial charge in [-0.05, 0) is 84.1 Å². The normalized spacial score (nSPS) is 19.5. The standard InChI is InChI=1S/C27H26BrClN4O3/c1-18-13-20(28)14-31-24(18)26(35)33-12-10-27(17-33)9-2-11-32(16-27)25(34)19-3-6-22(7-4-19)36-23-8-5-21(29)15-30-23/h3-8,13-15H,2,9-12,16-17H2,1H3. The van der Waals surface area contributed by atoms with Crippen molar-refractivity contribution in [3.8, 4) is 11.6 Å². The van der Waals surface area contributed by atoms with Gasteiger partial charge in [0.05, 0.1) is 5.02 Å². The molecule has 2 amide bonds. The molecular weight excluding hydrogens is 544 g/mol. The van der Waals surface area contributed by atoms with Crippen molar-refractivity contribution in [2.75, 3.05) is 26.2 Å². The lowest BCUT2D eigenvalue weighted by molar-refractivity contribution is 0.0515. The number of pyridine rings is 2. The molecule has 0 bridgehead atoms. The van der Waals surface area contributed by atoms with Crippen LogP contribution in [0.1, 0.15) is 45.7 Å². The average molecular weight is 570 g/mol. The second kappa shape index (κ2) is 10.2. The van der Waals surface area contributed by atoms with Crippen molar-refractivity contribution < 1.29 is 14.3 Å². The molecule has 186 valence electrons. The second-order valence-electron chi connectivity index (χ2n) is 9.57. The maximum absolute atomic E-state index is 13.3. The van der Waals surface area contributed by atoms with Crippen LogP contribution in [0.2, 0.25) is 5.02 Å². The number of aromatic nitrogens is 2. The number of likely N-dealkylation sites (tertiary alicyclic amines) is 2. The molecule has 1 spiro atoms. The first kappa shape index (κ1) is 24.7. The fourth-order valence-electron chi connectivity index (χ4n) is 5.13. The third kappa shape index (κ3) is 5.25. The van der Waals surface area contributed by atoms with Crippen LogP contribution in [0, 0.1) is 12.3 Å². The van der Waals surface area contributed by atoms with Crippen molar-refractivity contribution in [1.29, 1.82) is 0 Å². The zero-order valence-corrected chi connectivity index (χ0v) is 22.3. The van der Waals surface area contributed by atoms with E-state index in [0.29, 0.717) is 47.5 Å². The SMILES string of the molecule is Cc1cc(Br)cnc1C(=O)N1CCC2(CCCN(C(=O)c3ccc(Oc4ccc(Cl)cn4)cc3)C2)C1. The van der Waals surface area contributed by atoms with Crippen molar-refractivity contribution in [1.82, 2.24) is 19.8 Å².